The third kappa shape index (κ3) is 7.51. The molecule has 0 aliphatic rings. The topological polar surface area (TPSA) is 93.7 Å². The highest BCUT2D eigenvalue weighted by Crippen LogP contribution is 2.21. The van der Waals surface area contributed by atoms with E-state index in [4.69, 9.17) is 21.1 Å². The molecule has 126 valence electrons. The molecule has 0 aliphatic heterocycles. The minimum absolute atomic E-state index is 0.111. The second-order valence-electron chi connectivity index (χ2n) is 4.65. The average Bonchev–Trinajstić information content (AvgIpc) is 2.52. The van der Waals surface area contributed by atoms with Gasteiger partial charge in [0.2, 0.25) is 0 Å². The van der Waals surface area contributed by atoms with E-state index >= 15 is 0 Å². The van der Waals surface area contributed by atoms with Crippen LogP contribution in [0.3, 0.4) is 0 Å². The van der Waals surface area contributed by atoms with Crippen molar-refractivity contribution in [2.24, 2.45) is 0 Å². The van der Waals surface area contributed by atoms with E-state index in [9.17, 15) is 14.4 Å². The Labute approximate surface area is 139 Å². The lowest BCUT2D eigenvalue weighted by Crippen LogP contribution is -2.39. The summed E-state index contributed by atoms with van der Waals surface area (Å²) in [6.45, 7) is 1.71. The molecule has 0 spiro atoms. The van der Waals surface area contributed by atoms with Crippen molar-refractivity contribution in [2.45, 2.75) is 19.8 Å². The number of ether oxygens (including phenoxy) is 2. The van der Waals surface area contributed by atoms with Crippen LogP contribution >= 0.6 is 11.6 Å². The van der Waals surface area contributed by atoms with Gasteiger partial charge in [-0.05, 0) is 37.1 Å². The largest absolute Gasteiger partial charge is 0.494 e. The summed E-state index contributed by atoms with van der Waals surface area (Å²) in [5.41, 5.74) is 0.908. The van der Waals surface area contributed by atoms with Crippen LogP contribution in [0.1, 0.15) is 18.4 Å². The fourth-order valence-corrected chi connectivity index (χ4v) is 1.67. The summed E-state index contributed by atoms with van der Waals surface area (Å²) >= 11 is 5.91. The fraction of sp³-hybridized carbons (Fsp3) is 0.400. The van der Waals surface area contributed by atoms with E-state index in [0.717, 1.165) is 5.56 Å². The number of nitrogens with one attached hydrogen (secondary N) is 2. The minimum Gasteiger partial charge on any atom is -0.494 e. The Morgan fingerprint density at radius 2 is 2.00 bits per heavy atom. The van der Waals surface area contributed by atoms with Gasteiger partial charge < -0.3 is 14.8 Å². The third-order valence-corrected chi connectivity index (χ3v) is 3.19. The standard InChI is InChI=1S/C15H19ClN2O5/c1-10-8-11(5-6-12(10)16)22-7-3-4-14(20)23-9-13(19)18-15(21)17-2/h5-6,8H,3-4,7,9H2,1-2H3,(H2,17,18,19,21). The molecular weight excluding hydrogens is 324 g/mol. The first-order chi connectivity index (χ1) is 10.9. The molecule has 0 unspecified atom stereocenters. The number of benzene rings is 1. The number of urea groups is 1. The molecule has 0 atom stereocenters. The summed E-state index contributed by atoms with van der Waals surface area (Å²) in [6.07, 6.45) is 0.553. The smallest absolute Gasteiger partial charge is 0.321 e. The van der Waals surface area contributed by atoms with Crippen LogP contribution in [-0.4, -0.2) is 38.2 Å². The van der Waals surface area contributed by atoms with E-state index in [1.165, 1.54) is 7.05 Å². The van der Waals surface area contributed by atoms with Gasteiger partial charge >= 0.3 is 12.0 Å². The number of amides is 3. The van der Waals surface area contributed by atoms with Crippen LogP contribution < -0.4 is 15.4 Å². The molecule has 1 aromatic carbocycles. The number of imide groups is 1. The molecule has 1 rings (SSSR count). The first-order valence-corrected chi connectivity index (χ1v) is 7.36. The molecule has 0 fully saturated rings. The molecule has 0 heterocycles. The van der Waals surface area contributed by atoms with Crippen molar-refractivity contribution in [2.75, 3.05) is 20.3 Å². The van der Waals surface area contributed by atoms with Crippen LogP contribution in [0, 0.1) is 6.92 Å². The van der Waals surface area contributed by atoms with Gasteiger partial charge in [-0.25, -0.2) is 4.79 Å². The van der Waals surface area contributed by atoms with Crippen molar-refractivity contribution < 1.29 is 23.9 Å². The van der Waals surface area contributed by atoms with Gasteiger partial charge in [0.1, 0.15) is 5.75 Å². The Hall–Kier alpha value is -2.28. The van der Waals surface area contributed by atoms with Crippen molar-refractivity contribution in [3.05, 3.63) is 28.8 Å². The number of hydrogen-bond acceptors (Lipinski definition) is 5. The van der Waals surface area contributed by atoms with Crippen molar-refractivity contribution in [3.63, 3.8) is 0 Å². The number of halogens is 1. The van der Waals surface area contributed by atoms with Crippen LogP contribution in [0.15, 0.2) is 18.2 Å². The van der Waals surface area contributed by atoms with Crippen LogP contribution in [0.2, 0.25) is 5.02 Å². The summed E-state index contributed by atoms with van der Waals surface area (Å²) in [4.78, 5) is 33.5. The molecule has 7 nitrogen and oxygen atoms in total. The number of esters is 1. The van der Waals surface area contributed by atoms with E-state index < -0.39 is 24.5 Å². The highest BCUT2D eigenvalue weighted by atomic mass is 35.5. The van der Waals surface area contributed by atoms with Gasteiger partial charge in [-0.1, -0.05) is 11.6 Å². The van der Waals surface area contributed by atoms with Gasteiger partial charge in [-0.15, -0.1) is 0 Å². The Morgan fingerprint density at radius 3 is 2.65 bits per heavy atom. The summed E-state index contributed by atoms with van der Waals surface area (Å²) in [5.74, 6) is -0.552. The monoisotopic (exact) mass is 342 g/mol. The maximum Gasteiger partial charge on any atom is 0.321 e. The number of aryl methyl sites for hydroxylation is 1. The zero-order chi connectivity index (χ0) is 17.2. The number of hydrogen-bond donors (Lipinski definition) is 2. The highest BCUT2D eigenvalue weighted by Gasteiger charge is 2.09. The lowest BCUT2D eigenvalue weighted by Gasteiger charge is -2.08. The van der Waals surface area contributed by atoms with Gasteiger partial charge in [-0.2, -0.15) is 0 Å². The Morgan fingerprint density at radius 1 is 1.26 bits per heavy atom. The molecule has 8 heteroatoms. The van der Waals surface area contributed by atoms with E-state index in [2.05, 4.69) is 5.32 Å². The Bertz CT molecular complexity index is 577. The average molecular weight is 343 g/mol. The van der Waals surface area contributed by atoms with Gasteiger partial charge in [-0.3, -0.25) is 14.9 Å². The third-order valence-electron chi connectivity index (χ3n) is 2.77. The van der Waals surface area contributed by atoms with Gasteiger partial charge in [0.05, 0.1) is 6.61 Å². The lowest BCUT2D eigenvalue weighted by molar-refractivity contribution is -0.148. The number of carbonyl (C=O) groups excluding carboxylic acids is 3. The normalized spacial score (nSPS) is 9.87. The molecule has 0 saturated heterocycles. The molecule has 0 aliphatic carbocycles. The Kier molecular flexibility index (Phi) is 7.90. The van der Waals surface area contributed by atoms with Crippen molar-refractivity contribution in [1.29, 1.82) is 0 Å². The van der Waals surface area contributed by atoms with Gasteiger partial charge in [0.15, 0.2) is 6.61 Å². The molecule has 0 saturated carbocycles. The van der Waals surface area contributed by atoms with Gasteiger partial charge in [0, 0.05) is 18.5 Å². The number of rotatable bonds is 7. The Balaban J connectivity index is 2.17. The van der Waals surface area contributed by atoms with Crippen LogP contribution in [0.25, 0.3) is 0 Å². The minimum atomic E-state index is -0.689. The SMILES string of the molecule is CNC(=O)NC(=O)COC(=O)CCCOc1ccc(Cl)c(C)c1. The molecule has 0 radical (unpaired) electrons. The maximum atomic E-state index is 11.4. The number of carbonyl (C=O) groups is 3. The molecule has 3 amide bonds. The first kappa shape index (κ1) is 18.8. The predicted octanol–water partition coefficient (Wildman–Crippen LogP) is 1.81. The molecule has 23 heavy (non-hydrogen) atoms. The van der Waals surface area contributed by atoms with Gasteiger partial charge in [0.25, 0.3) is 5.91 Å². The van der Waals surface area contributed by atoms with E-state index in [0.29, 0.717) is 23.8 Å². The molecular formula is C15H19ClN2O5. The lowest BCUT2D eigenvalue weighted by atomic mass is 10.2. The second-order valence-corrected chi connectivity index (χ2v) is 5.06. The van der Waals surface area contributed by atoms with Crippen molar-refractivity contribution in [1.82, 2.24) is 10.6 Å². The summed E-state index contributed by atoms with van der Waals surface area (Å²) < 4.78 is 10.2. The first-order valence-electron chi connectivity index (χ1n) is 6.98. The zero-order valence-electron chi connectivity index (χ0n) is 13.0. The summed E-state index contributed by atoms with van der Waals surface area (Å²) in [5, 5.41) is 4.86. The maximum absolute atomic E-state index is 11.4. The summed E-state index contributed by atoms with van der Waals surface area (Å²) in [6, 6.07) is 4.64. The second kappa shape index (κ2) is 9.68. The quantitative estimate of drug-likeness (QED) is 0.582. The van der Waals surface area contributed by atoms with Crippen LogP contribution in [-0.2, 0) is 14.3 Å². The predicted molar refractivity (Wildman–Crippen MR) is 84.5 cm³/mol. The molecule has 0 aromatic heterocycles. The van der Waals surface area contributed by atoms with Crippen LogP contribution in [0.4, 0.5) is 4.79 Å². The van der Waals surface area contributed by atoms with E-state index in [1.807, 2.05) is 18.3 Å². The summed E-state index contributed by atoms with van der Waals surface area (Å²) in [7, 11) is 1.37. The highest BCUT2D eigenvalue weighted by molar-refractivity contribution is 6.31. The van der Waals surface area contributed by atoms with E-state index in [1.54, 1.807) is 12.1 Å². The van der Waals surface area contributed by atoms with E-state index in [-0.39, 0.29) is 6.42 Å². The zero-order valence-corrected chi connectivity index (χ0v) is 13.7. The van der Waals surface area contributed by atoms with Crippen molar-refractivity contribution >= 4 is 29.5 Å². The molecule has 0 bridgehead atoms. The molecule has 2 N–H and O–H groups in total. The molecule has 1 aromatic rings. The van der Waals surface area contributed by atoms with Crippen LogP contribution in [0.5, 0.6) is 5.75 Å². The van der Waals surface area contributed by atoms with Crippen molar-refractivity contribution in [3.8, 4) is 5.75 Å². The fourth-order valence-electron chi connectivity index (χ4n) is 1.56.